The number of rotatable bonds is 3. The van der Waals surface area contributed by atoms with Crippen LogP contribution in [0.3, 0.4) is 0 Å². The number of hydrogen-bond acceptors (Lipinski definition) is 2. The first-order valence-electron chi connectivity index (χ1n) is 6.49. The van der Waals surface area contributed by atoms with Crippen molar-refractivity contribution in [2.75, 3.05) is 26.7 Å². The molecule has 0 saturated carbocycles. The second kappa shape index (κ2) is 6.10. The Bertz CT molecular complexity index is 459. The van der Waals surface area contributed by atoms with E-state index in [1.165, 1.54) is 4.90 Å². The minimum atomic E-state index is -0.677. The third-order valence-electron chi connectivity index (χ3n) is 3.50. The smallest absolute Gasteiger partial charge is 0.256 e. The Kier molecular flexibility index (Phi) is 4.47. The molecule has 0 aliphatic carbocycles. The fourth-order valence-electron chi connectivity index (χ4n) is 2.40. The summed E-state index contributed by atoms with van der Waals surface area (Å²) in [6.07, 6.45) is 2.01. The van der Waals surface area contributed by atoms with E-state index < -0.39 is 17.5 Å². The van der Waals surface area contributed by atoms with E-state index >= 15 is 0 Å². The lowest BCUT2D eigenvalue weighted by Crippen LogP contribution is -2.37. The van der Waals surface area contributed by atoms with E-state index in [0.717, 1.165) is 44.1 Å². The molecule has 0 aromatic heterocycles. The number of halogens is 2. The zero-order valence-electron chi connectivity index (χ0n) is 11.0. The van der Waals surface area contributed by atoms with E-state index in [9.17, 15) is 13.6 Å². The molecule has 5 heteroatoms. The van der Waals surface area contributed by atoms with E-state index in [0.29, 0.717) is 12.5 Å². The van der Waals surface area contributed by atoms with Crippen molar-refractivity contribution in [1.29, 1.82) is 0 Å². The molecule has 1 aromatic carbocycles. The van der Waals surface area contributed by atoms with Gasteiger partial charge in [0, 0.05) is 13.6 Å². The molecule has 3 nitrogen and oxygen atoms in total. The molecular formula is C14H18F2N2O. The number of nitrogens with zero attached hydrogens (tertiary/aromatic N) is 1. The molecule has 19 heavy (non-hydrogen) atoms. The Hall–Kier alpha value is -1.49. The molecular weight excluding hydrogens is 250 g/mol. The van der Waals surface area contributed by atoms with Crippen LogP contribution in [0.25, 0.3) is 0 Å². The highest BCUT2D eigenvalue weighted by atomic mass is 19.1. The third kappa shape index (κ3) is 3.50. The maximum absolute atomic E-state index is 13.5. The predicted molar refractivity (Wildman–Crippen MR) is 68.9 cm³/mol. The van der Waals surface area contributed by atoms with Crippen LogP contribution < -0.4 is 5.32 Å². The van der Waals surface area contributed by atoms with E-state index in [1.807, 2.05) is 0 Å². The molecule has 0 bridgehead atoms. The maximum Gasteiger partial charge on any atom is 0.256 e. The number of nitrogens with one attached hydrogen (secondary N) is 1. The van der Waals surface area contributed by atoms with Crippen LogP contribution in [0.4, 0.5) is 8.78 Å². The number of hydrogen-bond donors (Lipinski definition) is 1. The van der Waals surface area contributed by atoms with Gasteiger partial charge in [0.05, 0.1) is 5.56 Å². The number of carbonyl (C=O) groups is 1. The van der Waals surface area contributed by atoms with Crippen LogP contribution in [-0.4, -0.2) is 37.5 Å². The van der Waals surface area contributed by atoms with Gasteiger partial charge >= 0.3 is 0 Å². The minimum Gasteiger partial charge on any atom is -0.341 e. The van der Waals surface area contributed by atoms with E-state index in [1.54, 1.807) is 7.05 Å². The highest BCUT2D eigenvalue weighted by Crippen LogP contribution is 2.16. The first kappa shape index (κ1) is 13.9. The topological polar surface area (TPSA) is 32.3 Å². The summed E-state index contributed by atoms with van der Waals surface area (Å²) in [6.45, 7) is 2.47. The van der Waals surface area contributed by atoms with Gasteiger partial charge in [0.15, 0.2) is 0 Å². The molecule has 1 aliphatic rings. The molecule has 2 rings (SSSR count). The molecule has 0 atom stereocenters. The molecule has 1 aromatic rings. The van der Waals surface area contributed by atoms with Crippen LogP contribution in [-0.2, 0) is 0 Å². The average Bonchev–Trinajstić information content (AvgIpc) is 2.42. The van der Waals surface area contributed by atoms with Gasteiger partial charge in [0.1, 0.15) is 11.6 Å². The Morgan fingerprint density at radius 3 is 2.74 bits per heavy atom. The molecule has 0 spiro atoms. The van der Waals surface area contributed by atoms with Gasteiger partial charge in [0.2, 0.25) is 0 Å². The van der Waals surface area contributed by atoms with Crippen molar-refractivity contribution in [1.82, 2.24) is 10.2 Å². The summed E-state index contributed by atoms with van der Waals surface area (Å²) in [5, 5.41) is 3.25. The molecule has 104 valence electrons. The fraction of sp³-hybridized carbons (Fsp3) is 0.500. The zero-order valence-corrected chi connectivity index (χ0v) is 11.0. The van der Waals surface area contributed by atoms with E-state index in [4.69, 9.17) is 0 Å². The minimum absolute atomic E-state index is 0.198. The quantitative estimate of drug-likeness (QED) is 0.910. The predicted octanol–water partition coefficient (Wildman–Crippen LogP) is 2.04. The molecule has 1 heterocycles. The standard InChI is InChI=1S/C14H18F2N2O/c1-18(9-10-4-6-17-7-5-10)14(19)12-8-11(15)2-3-13(12)16/h2-3,8,10,17H,4-7,9H2,1H3. The molecule has 1 amide bonds. The summed E-state index contributed by atoms with van der Waals surface area (Å²) >= 11 is 0. The van der Waals surface area contributed by atoms with Gasteiger partial charge in [0.25, 0.3) is 5.91 Å². The van der Waals surface area contributed by atoms with Crippen molar-refractivity contribution in [2.45, 2.75) is 12.8 Å². The Morgan fingerprint density at radius 1 is 1.37 bits per heavy atom. The zero-order chi connectivity index (χ0) is 13.8. The van der Waals surface area contributed by atoms with Crippen molar-refractivity contribution < 1.29 is 13.6 Å². The van der Waals surface area contributed by atoms with Crippen LogP contribution in [0, 0.1) is 17.6 Å². The molecule has 1 aliphatic heterocycles. The highest BCUT2D eigenvalue weighted by molar-refractivity contribution is 5.94. The van der Waals surface area contributed by atoms with Crippen molar-refractivity contribution in [3.8, 4) is 0 Å². The second-order valence-corrected chi connectivity index (χ2v) is 5.00. The van der Waals surface area contributed by atoms with Crippen LogP contribution in [0.1, 0.15) is 23.2 Å². The average molecular weight is 268 g/mol. The Balaban J connectivity index is 2.03. The fourth-order valence-corrected chi connectivity index (χ4v) is 2.40. The number of carbonyl (C=O) groups excluding carboxylic acids is 1. The summed E-state index contributed by atoms with van der Waals surface area (Å²) < 4.78 is 26.6. The van der Waals surface area contributed by atoms with Crippen LogP contribution >= 0.6 is 0 Å². The van der Waals surface area contributed by atoms with Crippen LogP contribution in [0.2, 0.25) is 0 Å². The summed E-state index contributed by atoms with van der Waals surface area (Å²) in [6, 6.07) is 2.95. The van der Waals surface area contributed by atoms with E-state index in [-0.39, 0.29) is 5.56 Å². The lowest BCUT2D eigenvalue weighted by molar-refractivity contribution is 0.0757. The summed E-state index contributed by atoms with van der Waals surface area (Å²) in [5.74, 6) is -1.31. The van der Waals surface area contributed by atoms with Crippen LogP contribution in [0.15, 0.2) is 18.2 Å². The van der Waals surface area contributed by atoms with Crippen molar-refractivity contribution in [3.05, 3.63) is 35.4 Å². The molecule has 1 saturated heterocycles. The maximum atomic E-state index is 13.5. The van der Waals surface area contributed by atoms with Gasteiger partial charge in [-0.3, -0.25) is 4.79 Å². The lowest BCUT2D eigenvalue weighted by atomic mass is 9.97. The van der Waals surface area contributed by atoms with Crippen molar-refractivity contribution >= 4 is 5.91 Å². The number of benzene rings is 1. The summed E-state index contributed by atoms with van der Waals surface area (Å²) in [7, 11) is 1.63. The second-order valence-electron chi connectivity index (χ2n) is 5.00. The van der Waals surface area contributed by atoms with Gasteiger partial charge in [-0.2, -0.15) is 0 Å². The Labute approximate surface area is 111 Å². The normalized spacial score (nSPS) is 16.4. The van der Waals surface area contributed by atoms with Crippen molar-refractivity contribution in [2.24, 2.45) is 5.92 Å². The highest BCUT2D eigenvalue weighted by Gasteiger charge is 2.21. The van der Waals surface area contributed by atoms with Gasteiger partial charge in [-0.15, -0.1) is 0 Å². The van der Waals surface area contributed by atoms with Crippen LogP contribution in [0.5, 0.6) is 0 Å². The largest absolute Gasteiger partial charge is 0.341 e. The lowest BCUT2D eigenvalue weighted by Gasteiger charge is -2.27. The Morgan fingerprint density at radius 2 is 2.05 bits per heavy atom. The van der Waals surface area contributed by atoms with E-state index in [2.05, 4.69) is 5.32 Å². The van der Waals surface area contributed by atoms with Gasteiger partial charge in [-0.1, -0.05) is 0 Å². The molecule has 0 radical (unpaired) electrons. The van der Waals surface area contributed by atoms with Gasteiger partial charge in [-0.25, -0.2) is 8.78 Å². The number of amides is 1. The van der Waals surface area contributed by atoms with Gasteiger partial charge < -0.3 is 10.2 Å². The first-order valence-corrected chi connectivity index (χ1v) is 6.49. The SMILES string of the molecule is CN(CC1CCNCC1)C(=O)c1cc(F)ccc1F. The molecule has 1 N–H and O–H groups in total. The summed E-state index contributed by atoms with van der Waals surface area (Å²) in [5.41, 5.74) is -0.198. The molecule has 0 unspecified atom stereocenters. The summed E-state index contributed by atoms with van der Waals surface area (Å²) in [4.78, 5) is 13.6. The number of piperidine rings is 1. The molecule has 1 fully saturated rings. The first-order chi connectivity index (χ1) is 9.08. The third-order valence-corrected chi connectivity index (χ3v) is 3.50. The van der Waals surface area contributed by atoms with Crippen molar-refractivity contribution in [3.63, 3.8) is 0 Å². The monoisotopic (exact) mass is 268 g/mol. The van der Waals surface area contributed by atoms with Gasteiger partial charge in [-0.05, 0) is 50.0 Å².